The molecule has 104 valence electrons. The van der Waals surface area contributed by atoms with Crippen molar-refractivity contribution in [1.29, 1.82) is 0 Å². The van der Waals surface area contributed by atoms with Crippen LogP contribution in [-0.2, 0) is 4.79 Å². The lowest BCUT2D eigenvalue weighted by Crippen LogP contribution is -2.24. The molecule has 0 bridgehead atoms. The molecule has 19 heavy (non-hydrogen) atoms. The van der Waals surface area contributed by atoms with E-state index in [2.05, 4.69) is 6.92 Å². The van der Waals surface area contributed by atoms with E-state index >= 15 is 0 Å². The van der Waals surface area contributed by atoms with Crippen molar-refractivity contribution < 1.29 is 15.0 Å². The molecule has 2 rings (SSSR count). The largest absolute Gasteiger partial charge is 0.481 e. The Morgan fingerprint density at radius 2 is 2.00 bits per heavy atom. The first-order chi connectivity index (χ1) is 8.90. The van der Waals surface area contributed by atoms with Crippen LogP contribution in [-0.4, -0.2) is 16.2 Å². The molecule has 1 saturated carbocycles. The number of aliphatic carboxylic acids is 1. The first-order valence-corrected chi connectivity index (χ1v) is 6.88. The lowest BCUT2D eigenvalue weighted by molar-refractivity contribution is -0.144. The van der Waals surface area contributed by atoms with Gasteiger partial charge in [0.05, 0.1) is 12.0 Å². The molecule has 0 saturated heterocycles. The van der Waals surface area contributed by atoms with Crippen molar-refractivity contribution >= 4 is 5.97 Å². The van der Waals surface area contributed by atoms with Gasteiger partial charge in [-0.25, -0.2) is 0 Å². The minimum Gasteiger partial charge on any atom is -0.481 e. The third kappa shape index (κ3) is 2.81. The topological polar surface area (TPSA) is 57.5 Å². The molecule has 1 aliphatic carbocycles. The summed E-state index contributed by atoms with van der Waals surface area (Å²) in [6, 6.07) is 5.97. The van der Waals surface area contributed by atoms with Crippen molar-refractivity contribution in [2.24, 2.45) is 17.8 Å². The minimum atomic E-state index is -0.779. The Kier molecular flexibility index (Phi) is 3.95. The van der Waals surface area contributed by atoms with E-state index in [4.69, 9.17) is 0 Å². The number of carbonyl (C=O) groups is 1. The van der Waals surface area contributed by atoms with Crippen molar-refractivity contribution in [2.45, 2.75) is 39.7 Å². The van der Waals surface area contributed by atoms with Crippen LogP contribution < -0.4 is 0 Å². The van der Waals surface area contributed by atoms with Gasteiger partial charge in [-0.1, -0.05) is 30.7 Å². The van der Waals surface area contributed by atoms with Crippen LogP contribution in [0.3, 0.4) is 0 Å². The molecule has 1 fully saturated rings. The summed E-state index contributed by atoms with van der Waals surface area (Å²) < 4.78 is 0. The van der Waals surface area contributed by atoms with E-state index in [1.54, 1.807) is 0 Å². The summed E-state index contributed by atoms with van der Waals surface area (Å²) in [5.74, 6) is -1.01. The van der Waals surface area contributed by atoms with Crippen molar-refractivity contribution in [3.63, 3.8) is 0 Å². The van der Waals surface area contributed by atoms with Crippen LogP contribution in [0.15, 0.2) is 18.2 Å². The number of aliphatic hydroxyl groups excluding tert-OH is 1. The van der Waals surface area contributed by atoms with Crippen LogP contribution in [0, 0.1) is 31.6 Å². The first-order valence-electron chi connectivity index (χ1n) is 6.88. The average Bonchev–Trinajstić information content (AvgIpc) is 2.74. The van der Waals surface area contributed by atoms with Crippen LogP contribution in [0.25, 0.3) is 0 Å². The zero-order valence-electron chi connectivity index (χ0n) is 11.8. The van der Waals surface area contributed by atoms with Gasteiger partial charge in [0.15, 0.2) is 0 Å². The second-order valence-electron chi connectivity index (χ2n) is 5.99. The van der Waals surface area contributed by atoms with Crippen LogP contribution in [0.1, 0.15) is 42.6 Å². The van der Waals surface area contributed by atoms with Gasteiger partial charge in [0.2, 0.25) is 0 Å². The molecular weight excluding hydrogens is 240 g/mol. The number of aryl methyl sites for hydroxylation is 2. The summed E-state index contributed by atoms with van der Waals surface area (Å²) in [4.78, 5) is 11.3. The number of rotatable bonds is 3. The Balaban J connectivity index is 2.29. The second kappa shape index (κ2) is 5.33. The number of carboxylic acid groups (broad SMARTS) is 1. The number of carboxylic acids is 1. The smallest absolute Gasteiger partial charge is 0.306 e. The summed E-state index contributed by atoms with van der Waals surface area (Å²) in [6.45, 7) is 6.01. The highest BCUT2D eigenvalue weighted by atomic mass is 16.4. The highest BCUT2D eigenvalue weighted by Crippen LogP contribution is 2.44. The van der Waals surface area contributed by atoms with Gasteiger partial charge in [-0.05, 0) is 43.7 Å². The first kappa shape index (κ1) is 14.1. The van der Waals surface area contributed by atoms with Gasteiger partial charge in [-0.3, -0.25) is 4.79 Å². The van der Waals surface area contributed by atoms with E-state index in [1.165, 1.54) is 0 Å². The molecule has 2 N–H and O–H groups in total. The monoisotopic (exact) mass is 262 g/mol. The zero-order chi connectivity index (χ0) is 14.2. The Bertz CT molecular complexity index is 481. The summed E-state index contributed by atoms with van der Waals surface area (Å²) in [6.07, 6.45) is 0.777. The highest BCUT2D eigenvalue weighted by Gasteiger charge is 2.41. The Hall–Kier alpha value is -1.35. The molecule has 0 heterocycles. The second-order valence-corrected chi connectivity index (χ2v) is 5.99. The number of aliphatic hydroxyl groups is 1. The molecule has 0 aliphatic heterocycles. The molecular formula is C16H22O3. The summed E-state index contributed by atoms with van der Waals surface area (Å²) in [5, 5.41) is 19.9. The summed E-state index contributed by atoms with van der Waals surface area (Å²) >= 11 is 0. The van der Waals surface area contributed by atoms with Crippen molar-refractivity contribution in [3.8, 4) is 0 Å². The van der Waals surface area contributed by atoms with E-state index in [0.717, 1.165) is 23.1 Å². The number of hydrogen-bond donors (Lipinski definition) is 2. The lowest BCUT2D eigenvalue weighted by Gasteiger charge is -2.24. The molecule has 3 heteroatoms. The molecule has 0 radical (unpaired) electrons. The molecule has 4 atom stereocenters. The molecule has 0 aromatic heterocycles. The van der Waals surface area contributed by atoms with Crippen LogP contribution in [0.4, 0.5) is 0 Å². The molecule has 3 nitrogen and oxygen atoms in total. The van der Waals surface area contributed by atoms with E-state index in [1.807, 2.05) is 32.0 Å². The van der Waals surface area contributed by atoms with E-state index in [-0.39, 0.29) is 5.92 Å². The normalized spacial score (nSPS) is 28.3. The average molecular weight is 262 g/mol. The Morgan fingerprint density at radius 1 is 1.32 bits per heavy atom. The van der Waals surface area contributed by atoms with Crippen molar-refractivity contribution in [2.75, 3.05) is 0 Å². The highest BCUT2D eigenvalue weighted by molar-refractivity contribution is 5.71. The van der Waals surface area contributed by atoms with Crippen molar-refractivity contribution in [1.82, 2.24) is 0 Å². The molecule has 1 aromatic carbocycles. The van der Waals surface area contributed by atoms with Gasteiger partial charge in [0, 0.05) is 5.92 Å². The fraction of sp³-hybridized carbons (Fsp3) is 0.562. The molecule has 4 unspecified atom stereocenters. The molecule has 0 spiro atoms. The molecule has 0 amide bonds. The molecule has 1 aromatic rings. The predicted molar refractivity (Wildman–Crippen MR) is 73.9 cm³/mol. The van der Waals surface area contributed by atoms with E-state index in [9.17, 15) is 15.0 Å². The predicted octanol–water partition coefficient (Wildman–Crippen LogP) is 3.08. The lowest BCUT2D eigenvalue weighted by atomic mass is 9.85. The zero-order valence-corrected chi connectivity index (χ0v) is 11.8. The standard InChI is InChI=1S/C16H22O3/c1-9-4-5-11(3)12(6-9)15(17)13-7-10(2)8-14(13)16(18)19/h4-6,10,13-15,17H,7-8H2,1-3H3,(H,18,19). The maximum absolute atomic E-state index is 11.3. The van der Waals surface area contributed by atoms with Gasteiger partial charge in [-0.15, -0.1) is 0 Å². The fourth-order valence-corrected chi connectivity index (χ4v) is 3.28. The van der Waals surface area contributed by atoms with E-state index in [0.29, 0.717) is 12.3 Å². The summed E-state index contributed by atoms with van der Waals surface area (Å²) in [5.41, 5.74) is 3.00. The number of hydrogen-bond acceptors (Lipinski definition) is 2. The van der Waals surface area contributed by atoms with Gasteiger partial charge >= 0.3 is 5.97 Å². The van der Waals surface area contributed by atoms with Crippen molar-refractivity contribution in [3.05, 3.63) is 34.9 Å². The summed E-state index contributed by atoms with van der Waals surface area (Å²) in [7, 11) is 0. The van der Waals surface area contributed by atoms with Crippen LogP contribution in [0.2, 0.25) is 0 Å². The van der Waals surface area contributed by atoms with Crippen LogP contribution >= 0.6 is 0 Å². The third-order valence-electron chi connectivity index (χ3n) is 4.32. The third-order valence-corrected chi connectivity index (χ3v) is 4.32. The van der Waals surface area contributed by atoms with Gasteiger partial charge in [0.25, 0.3) is 0 Å². The Morgan fingerprint density at radius 3 is 2.63 bits per heavy atom. The number of benzene rings is 1. The quantitative estimate of drug-likeness (QED) is 0.880. The maximum Gasteiger partial charge on any atom is 0.306 e. The Labute approximate surface area is 114 Å². The van der Waals surface area contributed by atoms with Gasteiger partial charge in [0.1, 0.15) is 0 Å². The van der Waals surface area contributed by atoms with Gasteiger partial charge < -0.3 is 10.2 Å². The SMILES string of the molecule is Cc1ccc(C)c(C(O)C2CC(C)CC2C(=O)O)c1. The van der Waals surface area contributed by atoms with E-state index < -0.39 is 18.0 Å². The maximum atomic E-state index is 11.3. The van der Waals surface area contributed by atoms with Gasteiger partial charge in [-0.2, -0.15) is 0 Å². The van der Waals surface area contributed by atoms with Crippen LogP contribution in [0.5, 0.6) is 0 Å². The fourth-order valence-electron chi connectivity index (χ4n) is 3.28. The molecule has 1 aliphatic rings. The minimum absolute atomic E-state index is 0.173.